The van der Waals surface area contributed by atoms with Crippen molar-refractivity contribution in [1.29, 1.82) is 0 Å². The van der Waals surface area contributed by atoms with Crippen molar-refractivity contribution >= 4 is 34.3 Å². The normalized spacial score (nSPS) is 20.7. The number of aryl methyl sites for hydroxylation is 1. The van der Waals surface area contributed by atoms with E-state index in [-0.39, 0.29) is 17.7 Å². The minimum absolute atomic E-state index is 0.199. The van der Waals surface area contributed by atoms with Crippen LogP contribution in [-0.4, -0.2) is 47.7 Å². The molecule has 11 nitrogen and oxygen atoms in total. The van der Waals surface area contributed by atoms with Gasteiger partial charge in [0.05, 0.1) is 6.54 Å². The van der Waals surface area contributed by atoms with Crippen molar-refractivity contribution in [3.05, 3.63) is 26.6 Å². The highest BCUT2D eigenvalue weighted by Gasteiger charge is 2.29. The van der Waals surface area contributed by atoms with Crippen LogP contribution in [0.5, 0.6) is 0 Å². The van der Waals surface area contributed by atoms with E-state index in [1.54, 1.807) is 11.3 Å². The molecule has 6 rings (SSSR count). The summed E-state index contributed by atoms with van der Waals surface area (Å²) in [4.78, 5) is 35.9. The zero-order valence-electron chi connectivity index (χ0n) is 23.1. The van der Waals surface area contributed by atoms with Gasteiger partial charge < -0.3 is 14.8 Å². The van der Waals surface area contributed by atoms with E-state index in [1.165, 1.54) is 44.9 Å². The average Bonchev–Trinajstić information content (AvgIpc) is 3.58. The van der Waals surface area contributed by atoms with Gasteiger partial charge in [0.25, 0.3) is 0 Å². The molecule has 39 heavy (non-hydrogen) atoms. The summed E-state index contributed by atoms with van der Waals surface area (Å²) in [6.07, 6.45) is 8.62. The van der Waals surface area contributed by atoms with E-state index in [9.17, 15) is 4.79 Å². The first kappa shape index (κ1) is 26.0. The number of H-pyrrole nitrogens is 1. The number of fused-ring (bicyclic) bond motifs is 1. The van der Waals surface area contributed by atoms with Gasteiger partial charge in [0.2, 0.25) is 17.6 Å². The molecule has 1 atom stereocenters. The van der Waals surface area contributed by atoms with Crippen LogP contribution < -0.4 is 16.0 Å². The molecular formula is C27H37N9O2S. The molecule has 2 aliphatic rings. The lowest BCUT2D eigenvalue weighted by Crippen LogP contribution is -2.31. The highest BCUT2D eigenvalue weighted by Crippen LogP contribution is 2.36. The molecule has 2 aliphatic carbocycles. The number of hydrogen-bond donors (Lipinski definition) is 2. The second-order valence-electron chi connectivity index (χ2n) is 11.5. The summed E-state index contributed by atoms with van der Waals surface area (Å²) in [5, 5.41) is 10.7. The summed E-state index contributed by atoms with van der Waals surface area (Å²) < 4.78 is 7.07. The van der Waals surface area contributed by atoms with Crippen LogP contribution in [0.15, 0.2) is 14.7 Å². The standard InChI is InChI=1S/C27H37N9O2S/c1-15-8-10-18(11-9-15)12-36-21-22(29-17(3)19-6-5-7-19)30-24(25-33-27(37)38-34-25)31-23(21)32-26(36)35(4)13-20-28-16(2)14-39-20/h14-15,17-19H,5-13H2,1-4H3,(H,29,30,31)(H,33,34,37)/t15-,17-,18-/m1/s1. The number of aromatic amines is 1. The topological polar surface area (TPSA) is 131 Å². The summed E-state index contributed by atoms with van der Waals surface area (Å²) in [7, 11) is 2.06. The number of imidazole rings is 1. The molecular weight excluding hydrogens is 514 g/mol. The second kappa shape index (κ2) is 10.7. The summed E-state index contributed by atoms with van der Waals surface area (Å²) in [5.41, 5.74) is 2.50. The first-order valence-corrected chi connectivity index (χ1v) is 14.9. The van der Waals surface area contributed by atoms with Crippen molar-refractivity contribution in [3.8, 4) is 11.6 Å². The molecule has 2 saturated carbocycles. The molecule has 2 N–H and O–H groups in total. The zero-order valence-corrected chi connectivity index (χ0v) is 23.9. The Balaban J connectivity index is 1.46. The van der Waals surface area contributed by atoms with Crippen LogP contribution in [0.25, 0.3) is 22.8 Å². The van der Waals surface area contributed by atoms with Gasteiger partial charge in [-0.25, -0.2) is 19.7 Å². The molecule has 0 unspecified atom stereocenters. The van der Waals surface area contributed by atoms with Crippen LogP contribution in [-0.2, 0) is 13.1 Å². The van der Waals surface area contributed by atoms with E-state index >= 15 is 0 Å². The molecule has 4 aromatic heterocycles. The van der Waals surface area contributed by atoms with Gasteiger partial charge in [0.15, 0.2) is 11.5 Å². The van der Waals surface area contributed by atoms with Gasteiger partial charge in [-0.1, -0.05) is 31.3 Å². The third-order valence-corrected chi connectivity index (χ3v) is 9.36. The molecule has 2 fully saturated rings. The molecule has 4 heterocycles. The second-order valence-corrected chi connectivity index (χ2v) is 12.5. The van der Waals surface area contributed by atoms with Gasteiger partial charge in [-0.15, -0.1) is 11.3 Å². The molecule has 0 spiro atoms. The van der Waals surface area contributed by atoms with Gasteiger partial charge >= 0.3 is 5.76 Å². The molecule has 208 valence electrons. The molecule has 4 aromatic rings. The first-order valence-electron chi connectivity index (χ1n) is 14.1. The summed E-state index contributed by atoms with van der Waals surface area (Å²) in [6.45, 7) is 8.10. The fourth-order valence-corrected chi connectivity index (χ4v) is 6.64. The predicted molar refractivity (Wildman–Crippen MR) is 152 cm³/mol. The Labute approximate surface area is 231 Å². The lowest BCUT2D eigenvalue weighted by Gasteiger charge is -2.32. The number of hydrogen-bond acceptors (Lipinski definition) is 10. The number of anilines is 2. The number of aromatic nitrogens is 7. The number of nitrogens with one attached hydrogen (secondary N) is 2. The van der Waals surface area contributed by atoms with Crippen LogP contribution in [0, 0.1) is 24.7 Å². The summed E-state index contributed by atoms with van der Waals surface area (Å²) >= 11 is 1.66. The molecule has 0 bridgehead atoms. The molecule has 0 saturated heterocycles. The van der Waals surface area contributed by atoms with E-state index in [0.29, 0.717) is 24.0 Å². The fraction of sp³-hybridized carbons (Fsp3) is 0.630. The number of nitrogens with zero attached hydrogens (tertiary/aromatic N) is 7. The predicted octanol–water partition coefficient (Wildman–Crippen LogP) is 5.00. The fourth-order valence-electron chi connectivity index (χ4n) is 5.81. The lowest BCUT2D eigenvalue weighted by atomic mass is 9.80. The van der Waals surface area contributed by atoms with E-state index < -0.39 is 5.76 Å². The van der Waals surface area contributed by atoms with Crippen molar-refractivity contribution in [2.45, 2.75) is 84.8 Å². The van der Waals surface area contributed by atoms with Gasteiger partial charge in [-0.2, -0.15) is 4.98 Å². The SMILES string of the molecule is Cc1csc(CN(C)c2nc3nc(-c4noc(=O)[nH]4)nc(N[C@H](C)C4CCC4)c3n2C[C@H]2CC[C@H](C)CC2)n1. The molecule has 0 radical (unpaired) electrons. The molecule has 0 amide bonds. The van der Waals surface area contributed by atoms with Crippen molar-refractivity contribution in [2.75, 3.05) is 17.3 Å². The summed E-state index contributed by atoms with van der Waals surface area (Å²) in [6, 6.07) is 0.249. The Morgan fingerprint density at radius 1 is 1.18 bits per heavy atom. The maximum absolute atomic E-state index is 11.7. The van der Waals surface area contributed by atoms with Gasteiger partial charge in [-0.3, -0.25) is 9.51 Å². The lowest BCUT2D eigenvalue weighted by molar-refractivity contribution is 0.267. The van der Waals surface area contributed by atoms with Crippen molar-refractivity contribution < 1.29 is 4.52 Å². The Morgan fingerprint density at radius 2 is 1.97 bits per heavy atom. The Hall–Kier alpha value is -3.28. The minimum Gasteiger partial charge on any atom is -0.365 e. The van der Waals surface area contributed by atoms with Gasteiger partial charge in [0.1, 0.15) is 10.5 Å². The smallest absolute Gasteiger partial charge is 0.365 e. The van der Waals surface area contributed by atoms with Gasteiger partial charge in [0, 0.05) is 30.7 Å². The highest BCUT2D eigenvalue weighted by atomic mass is 32.1. The third kappa shape index (κ3) is 5.43. The Morgan fingerprint density at radius 3 is 2.62 bits per heavy atom. The van der Waals surface area contributed by atoms with Crippen LogP contribution in [0.2, 0.25) is 0 Å². The molecule has 0 aromatic carbocycles. The first-order chi connectivity index (χ1) is 18.8. The van der Waals surface area contributed by atoms with Crippen molar-refractivity contribution in [1.82, 2.24) is 34.6 Å². The zero-order chi connectivity index (χ0) is 27.1. The maximum atomic E-state index is 11.7. The third-order valence-electron chi connectivity index (χ3n) is 8.41. The van der Waals surface area contributed by atoms with Crippen molar-refractivity contribution in [2.24, 2.45) is 17.8 Å². The average molecular weight is 552 g/mol. The minimum atomic E-state index is -0.637. The monoisotopic (exact) mass is 551 g/mol. The van der Waals surface area contributed by atoms with E-state index in [2.05, 4.69) is 56.2 Å². The van der Waals surface area contributed by atoms with Crippen LogP contribution in [0.1, 0.15) is 69.5 Å². The van der Waals surface area contributed by atoms with Crippen LogP contribution in [0.3, 0.4) is 0 Å². The Bertz CT molecular complexity index is 1490. The quantitative estimate of drug-likeness (QED) is 0.295. The van der Waals surface area contributed by atoms with Crippen LogP contribution in [0.4, 0.5) is 11.8 Å². The van der Waals surface area contributed by atoms with Crippen molar-refractivity contribution in [3.63, 3.8) is 0 Å². The highest BCUT2D eigenvalue weighted by molar-refractivity contribution is 7.09. The van der Waals surface area contributed by atoms with Gasteiger partial charge in [-0.05, 0) is 57.3 Å². The summed E-state index contributed by atoms with van der Waals surface area (Å²) in [5.74, 6) is 3.38. The number of rotatable bonds is 9. The maximum Gasteiger partial charge on any atom is 0.439 e. The van der Waals surface area contributed by atoms with E-state index in [0.717, 1.165) is 40.4 Å². The van der Waals surface area contributed by atoms with E-state index in [1.807, 2.05) is 6.92 Å². The van der Waals surface area contributed by atoms with E-state index in [4.69, 9.17) is 19.5 Å². The number of thiazole rings is 1. The molecule has 0 aliphatic heterocycles. The molecule has 12 heteroatoms. The Kier molecular flexibility index (Phi) is 7.13. The largest absolute Gasteiger partial charge is 0.439 e. The van der Waals surface area contributed by atoms with Crippen LogP contribution >= 0.6 is 11.3 Å².